The molecule has 520 valence electrons. The van der Waals surface area contributed by atoms with Crippen molar-refractivity contribution in [3.63, 3.8) is 0 Å². The van der Waals surface area contributed by atoms with E-state index in [1.54, 1.807) is 116 Å². The Hall–Kier alpha value is -9.99. The number of piperidine rings is 1. The van der Waals surface area contributed by atoms with E-state index in [-0.39, 0.29) is 95.2 Å². The van der Waals surface area contributed by atoms with E-state index < -0.39 is 101 Å². The average Bonchev–Trinajstić information content (AvgIpc) is 1.38. The summed E-state index contributed by atoms with van der Waals surface area (Å²) in [5.74, 6) is -7.00. The third-order valence-corrected chi connectivity index (χ3v) is 18.1. The molecule has 0 radical (unpaired) electrons. The SMILES string of the molecule is COc1ccc(CC[C@H]2OC(=O)[C@@H]3CCCCN3C(=O)C(=O)C(C)(C)COC(=O)C=CCCN(C)C(=O)[C@H](CC(C)C)N(C)C(=O)[C@H]3CCCN3C(=O)[C@H](Cc3ccc(C(=O)Nc4ccccc4)cc3)NC(=O)[C@H](c3ccccc3)CC(=O)CCC(=O)Nc3cccc2c3)cc1OC. The van der Waals surface area contributed by atoms with E-state index in [0.29, 0.717) is 70.8 Å². The summed E-state index contributed by atoms with van der Waals surface area (Å²) in [6.07, 6.45) is 3.73. The Bertz CT molecular complexity index is 3710. The molecule has 3 aliphatic heterocycles. The van der Waals surface area contributed by atoms with E-state index in [9.17, 15) is 43.2 Å². The fraction of sp³-hybridized carbons (Fsp3) is 0.434. The highest BCUT2D eigenvalue weighted by Crippen LogP contribution is 2.34. The smallest absolute Gasteiger partial charge is 0.330 e. The van der Waals surface area contributed by atoms with Crippen LogP contribution in [0.2, 0.25) is 0 Å². The quantitative estimate of drug-likeness (QED) is 0.0776. The van der Waals surface area contributed by atoms with Crippen LogP contribution >= 0.6 is 0 Å². The largest absolute Gasteiger partial charge is 0.493 e. The second-order valence-electron chi connectivity index (χ2n) is 26.4. The van der Waals surface area contributed by atoms with E-state index in [0.717, 1.165) is 5.56 Å². The lowest BCUT2D eigenvalue weighted by atomic mass is 9.87. The van der Waals surface area contributed by atoms with Crippen LogP contribution in [0.5, 0.6) is 11.5 Å². The number of hydrogen-bond donors (Lipinski definition) is 3. The van der Waals surface area contributed by atoms with Crippen LogP contribution < -0.4 is 25.4 Å². The second kappa shape index (κ2) is 34.8. The number of cyclic esters (lactones) is 2. The van der Waals surface area contributed by atoms with E-state index in [4.69, 9.17) is 18.9 Å². The number of likely N-dealkylation sites (N-methyl/N-ethyl adjacent to an activating group) is 2. The number of Topliss-reactive ketones (excluding diaryl/α,β-unsaturated/α-hetero) is 2. The lowest BCUT2D eigenvalue weighted by Crippen LogP contribution is -2.57. The van der Waals surface area contributed by atoms with Crippen molar-refractivity contribution < 1.29 is 71.7 Å². The number of fused-ring (bicyclic) bond motifs is 4. The molecule has 0 aliphatic carbocycles. The molecular formula is C76H91N7O15. The molecule has 8 rings (SSSR count). The van der Waals surface area contributed by atoms with Gasteiger partial charge in [0.1, 0.15) is 42.7 Å². The molecule has 7 amide bonds. The van der Waals surface area contributed by atoms with Gasteiger partial charge in [-0.3, -0.25) is 43.2 Å². The monoisotopic (exact) mass is 1340 g/mol. The summed E-state index contributed by atoms with van der Waals surface area (Å²) in [7, 11) is 6.16. The van der Waals surface area contributed by atoms with E-state index in [2.05, 4.69) is 16.0 Å². The third kappa shape index (κ3) is 19.8. The summed E-state index contributed by atoms with van der Waals surface area (Å²) in [5, 5.41) is 8.71. The van der Waals surface area contributed by atoms with Gasteiger partial charge in [0.15, 0.2) is 11.5 Å². The summed E-state index contributed by atoms with van der Waals surface area (Å²) >= 11 is 0. The Labute approximate surface area is 573 Å². The zero-order valence-electron chi connectivity index (χ0n) is 57.3. The average molecular weight is 1340 g/mol. The number of anilines is 2. The number of carbonyl (C=O) groups is 11. The first kappa shape index (κ1) is 73.8. The minimum atomic E-state index is -1.52. The Kier molecular flexibility index (Phi) is 26.2. The van der Waals surface area contributed by atoms with Crippen LogP contribution in [-0.2, 0) is 70.3 Å². The Morgan fingerprint density at radius 3 is 2.07 bits per heavy atom. The summed E-state index contributed by atoms with van der Waals surface area (Å²) in [5.41, 5.74) is 2.08. The number of ketones is 2. The molecule has 0 unspecified atom stereocenters. The first-order valence-corrected chi connectivity index (χ1v) is 33.6. The molecule has 3 heterocycles. The van der Waals surface area contributed by atoms with Gasteiger partial charge in [0.25, 0.3) is 11.8 Å². The van der Waals surface area contributed by atoms with E-state index >= 15 is 9.59 Å². The number of benzene rings is 5. The van der Waals surface area contributed by atoms with Crippen LogP contribution in [0.15, 0.2) is 140 Å². The maximum absolute atomic E-state index is 15.3. The first-order chi connectivity index (χ1) is 46.9. The van der Waals surface area contributed by atoms with Crippen molar-refractivity contribution in [2.24, 2.45) is 11.3 Å². The fourth-order valence-electron chi connectivity index (χ4n) is 12.5. The van der Waals surface area contributed by atoms with E-state index in [1.165, 1.54) is 66.9 Å². The van der Waals surface area contributed by atoms with Crippen molar-refractivity contribution in [3.8, 4) is 11.5 Å². The van der Waals surface area contributed by atoms with Gasteiger partial charge in [-0.25, -0.2) is 9.59 Å². The van der Waals surface area contributed by atoms with Crippen molar-refractivity contribution in [2.45, 2.75) is 147 Å². The summed E-state index contributed by atoms with van der Waals surface area (Å²) < 4.78 is 22.9. The van der Waals surface area contributed by atoms with Gasteiger partial charge in [-0.15, -0.1) is 0 Å². The second-order valence-corrected chi connectivity index (χ2v) is 26.4. The van der Waals surface area contributed by atoms with Crippen molar-refractivity contribution in [2.75, 3.05) is 65.2 Å². The molecule has 22 heteroatoms. The molecule has 0 spiro atoms. The first-order valence-electron chi connectivity index (χ1n) is 33.6. The number of hydrogen-bond acceptors (Lipinski definition) is 15. The number of nitrogens with zero attached hydrogens (tertiary/aromatic N) is 4. The predicted octanol–water partition coefficient (Wildman–Crippen LogP) is 9.16. The lowest BCUT2D eigenvalue weighted by molar-refractivity contribution is -0.165. The molecule has 0 saturated carbocycles. The zero-order chi connectivity index (χ0) is 70.6. The van der Waals surface area contributed by atoms with E-state index in [1.807, 2.05) is 32.0 Å². The zero-order valence-corrected chi connectivity index (χ0v) is 57.3. The molecule has 3 N–H and O–H groups in total. The van der Waals surface area contributed by atoms with Gasteiger partial charge in [0, 0.05) is 82.4 Å². The minimum Gasteiger partial charge on any atom is -0.493 e. The fourth-order valence-corrected chi connectivity index (χ4v) is 12.5. The van der Waals surface area contributed by atoms with Crippen molar-refractivity contribution in [1.29, 1.82) is 0 Å². The Morgan fingerprint density at radius 1 is 0.694 bits per heavy atom. The number of methoxy groups -OCH3 is 2. The van der Waals surface area contributed by atoms with Crippen molar-refractivity contribution >= 4 is 76.2 Å². The summed E-state index contributed by atoms with van der Waals surface area (Å²) in [6.45, 7) is 6.68. The Balaban J connectivity index is 1.10. The highest BCUT2D eigenvalue weighted by Gasteiger charge is 2.44. The maximum atomic E-state index is 15.3. The number of carbonyl (C=O) groups excluding carboxylic acids is 11. The van der Waals surface area contributed by atoms with Gasteiger partial charge in [-0.2, -0.15) is 0 Å². The number of amides is 7. The molecule has 0 aromatic heterocycles. The van der Waals surface area contributed by atoms with Gasteiger partial charge in [0.05, 0.1) is 25.6 Å². The van der Waals surface area contributed by atoms with Gasteiger partial charge < -0.3 is 54.5 Å². The summed E-state index contributed by atoms with van der Waals surface area (Å²) in [4.78, 5) is 163. The molecule has 6 atom stereocenters. The number of rotatable bonds is 12. The molecule has 2 fully saturated rings. The highest BCUT2D eigenvalue weighted by molar-refractivity contribution is 6.38. The Morgan fingerprint density at radius 2 is 1.37 bits per heavy atom. The number of ether oxygens (including phenoxy) is 4. The third-order valence-electron chi connectivity index (χ3n) is 18.1. The van der Waals surface area contributed by atoms with Crippen LogP contribution in [0, 0.1) is 11.3 Å². The highest BCUT2D eigenvalue weighted by atomic mass is 16.5. The van der Waals surface area contributed by atoms with Crippen molar-refractivity contribution in [1.82, 2.24) is 24.9 Å². The number of aryl methyl sites for hydroxylation is 1. The standard InChI is InChI=1S/C76H91N7O15/c1-49(2)43-62-72(91)80(5)40-17-16-29-67(86)97-48-76(3,4)68(87)74(93)83-41-18-15-27-61(83)75(94)98-63(37-32-51-33-38-64(95-7)65(45-51)96-8)54-23-19-26-56(46-54)77-66(85)39-36-57(84)47-58(52-21-11-9-12-22-52)70(89)79-59(71(90)82-42-20-28-60(82)73(92)81(62)6)44-50-30-34-53(35-31-50)69(88)78-55-24-13-10-14-25-55/h9-14,16,19,21-26,29-31,33-35,38,45-46,49,58-63H,15,17-18,20,27-28,32,36-37,39-44,47-48H2,1-8H3,(H,77,85)(H,78,88)(H,79,89)/t58-,59-,60+,61-,62-,63+/m0/s1. The number of para-hydroxylation sites is 1. The van der Waals surface area contributed by atoms with Crippen LogP contribution in [0.1, 0.15) is 143 Å². The van der Waals surface area contributed by atoms with Crippen LogP contribution in [0.25, 0.3) is 0 Å². The number of nitrogens with one attached hydrogen (secondary N) is 3. The van der Waals surface area contributed by atoms with Gasteiger partial charge in [-0.1, -0.05) is 98.8 Å². The van der Waals surface area contributed by atoms with Crippen LogP contribution in [-0.4, -0.2) is 163 Å². The molecule has 2 saturated heterocycles. The van der Waals surface area contributed by atoms with Gasteiger partial charge in [0.2, 0.25) is 35.3 Å². The van der Waals surface area contributed by atoms with Gasteiger partial charge >= 0.3 is 11.9 Å². The van der Waals surface area contributed by atoms with Crippen LogP contribution in [0.3, 0.4) is 0 Å². The predicted molar refractivity (Wildman–Crippen MR) is 368 cm³/mol. The molecular weight excluding hydrogens is 1250 g/mol. The maximum Gasteiger partial charge on any atom is 0.330 e. The normalized spacial score (nSPS) is 21.9. The molecule has 5 aromatic carbocycles. The molecule has 98 heavy (non-hydrogen) atoms. The topological polar surface area (TPSA) is 274 Å². The molecule has 22 nitrogen and oxygen atoms in total. The molecule has 3 aliphatic rings. The molecule has 5 aromatic rings. The van der Waals surface area contributed by atoms with Crippen LogP contribution in [0.4, 0.5) is 11.4 Å². The lowest BCUT2D eigenvalue weighted by Gasteiger charge is -2.36. The number of esters is 2. The van der Waals surface area contributed by atoms with Crippen molar-refractivity contribution in [3.05, 3.63) is 167 Å². The van der Waals surface area contributed by atoms with Gasteiger partial charge in [-0.05, 0) is 148 Å². The summed E-state index contributed by atoms with van der Waals surface area (Å²) in [6, 6.07) is 31.8. The molecule has 2 bridgehead atoms. The minimum absolute atomic E-state index is 0.0572.